The number of benzene rings is 5. The van der Waals surface area contributed by atoms with E-state index in [9.17, 15) is 33.9 Å². The Labute approximate surface area is 352 Å². The van der Waals surface area contributed by atoms with E-state index in [-0.39, 0.29) is 45.1 Å². The summed E-state index contributed by atoms with van der Waals surface area (Å²) in [7, 11) is 0. The molecule has 0 spiro atoms. The van der Waals surface area contributed by atoms with Gasteiger partial charge in [-0.25, -0.2) is 4.79 Å². The van der Waals surface area contributed by atoms with E-state index in [2.05, 4.69) is 42.7 Å². The predicted octanol–water partition coefficient (Wildman–Crippen LogP) is 5.32. The number of amides is 5. The Morgan fingerprint density at radius 1 is 0.710 bits per heavy atom. The van der Waals surface area contributed by atoms with Gasteiger partial charge in [-0.15, -0.1) is 0 Å². The summed E-state index contributed by atoms with van der Waals surface area (Å²) in [5.41, 5.74) is 8.98. The van der Waals surface area contributed by atoms with Crippen LogP contribution >= 0.6 is 0 Å². The monoisotopic (exact) mass is 835 g/mol. The van der Waals surface area contributed by atoms with Gasteiger partial charge in [-0.2, -0.15) is 20.7 Å². The number of ether oxygens (including phenoxy) is 1. The van der Waals surface area contributed by atoms with Crippen molar-refractivity contribution < 1.29 is 43.7 Å². The second kappa shape index (κ2) is 18.8. The molecule has 5 aromatic carbocycles. The Morgan fingerprint density at radius 3 is 1.79 bits per heavy atom. The number of nitrogens with zero attached hydrogens (tertiary/aromatic N) is 3. The van der Waals surface area contributed by atoms with Gasteiger partial charge in [-0.3, -0.25) is 24.0 Å². The fourth-order valence-corrected chi connectivity index (χ4v) is 6.00. The van der Waals surface area contributed by atoms with Gasteiger partial charge in [0.2, 0.25) is 11.8 Å². The first-order valence-corrected chi connectivity index (χ1v) is 18.7. The fraction of sp³-hybridized carbons (Fsp3) is 0.114. The van der Waals surface area contributed by atoms with Crippen molar-refractivity contribution in [2.45, 2.75) is 32.4 Å². The molecule has 5 amide bonds. The minimum atomic E-state index is -1.37. The van der Waals surface area contributed by atoms with E-state index in [4.69, 9.17) is 20.8 Å². The number of nitrogens with two attached hydrogens (primary N) is 1. The van der Waals surface area contributed by atoms with E-state index in [0.717, 1.165) is 5.56 Å². The van der Waals surface area contributed by atoms with Crippen LogP contribution in [0.4, 0.5) is 17.1 Å². The summed E-state index contributed by atoms with van der Waals surface area (Å²) in [5.74, 6) is -5.47. The highest BCUT2D eigenvalue weighted by molar-refractivity contribution is 6.10. The minimum Gasteiger partial charge on any atom is -0.504 e. The molecule has 1 atom stereocenters. The number of nitriles is 1. The third kappa shape index (κ3) is 10.2. The molecule has 1 heterocycles. The summed E-state index contributed by atoms with van der Waals surface area (Å²) in [6.07, 6.45) is -0.998. The molecule has 0 aliphatic rings. The van der Waals surface area contributed by atoms with Crippen molar-refractivity contribution in [1.82, 2.24) is 20.7 Å². The molecule has 0 aliphatic carbocycles. The average molecular weight is 836 g/mol. The van der Waals surface area contributed by atoms with Crippen molar-refractivity contribution in [2.24, 2.45) is 5.73 Å². The van der Waals surface area contributed by atoms with Crippen LogP contribution in [0.2, 0.25) is 0 Å². The van der Waals surface area contributed by atoms with E-state index in [0.29, 0.717) is 22.5 Å². The van der Waals surface area contributed by atoms with Crippen molar-refractivity contribution >= 4 is 52.6 Å². The Hall–Kier alpha value is -8.85. The molecule has 1 aromatic heterocycles. The molecule has 0 bridgehead atoms. The van der Waals surface area contributed by atoms with Crippen LogP contribution in [-0.2, 0) is 9.59 Å². The molecular formula is C44H37N9O9. The average Bonchev–Trinajstić information content (AvgIpc) is 3.75. The molecule has 312 valence electrons. The van der Waals surface area contributed by atoms with Gasteiger partial charge in [0, 0.05) is 33.6 Å². The van der Waals surface area contributed by atoms with Gasteiger partial charge in [0.05, 0.1) is 41.0 Å². The van der Waals surface area contributed by atoms with Crippen LogP contribution in [0, 0.1) is 11.3 Å². The van der Waals surface area contributed by atoms with E-state index in [1.807, 2.05) is 0 Å². The van der Waals surface area contributed by atoms with Crippen molar-refractivity contribution in [3.8, 4) is 40.1 Å². The Morgan fingerprint density at radius 2 is 1.24 bits per heavy atom. The minimum absolute atomic E-state index is 0.0232. The molecular weight excluding hydrogens is 799 g/mol. The highest BCUT2D eigenvalue weighted by Gasteiger charge is 2.25. The molecule has 6 aromatic rings. The number of aromatic hydroxyl groups is 1. The third-order valence-corrected chi connectivity index (χ3v) is 9.07. The lowest BCUT2D eigenvalue weighted by Gasteiger charge is -2.19. The van der Waals surface area contributed by atoms with E-state index in [1.54, 1.807) is 50.2 Å². The number of aromatic amines is 1. The van der Waals surface area contributed by atoms with Crippen LogP contribution in [0.5, 0.6) is 11.5 Å². The van der Waals surface area contributed by atoms with Crippen LogP contribution in [0.1, 0.15) is 67.3 Å². The lowest BCUT2D eigenvalue weighted by atomic mass is 10.0. The van der Waals surface area contributed by atoms with Gasteiger partial charge in [-0.1, -0.05) is 24.3 Å². The summed E-state index contributed by atoms with van der Waals surface area (Å²) < 4.78 is 5.78. The fourth-order valence-electron chi connectivity index (χ4n) is 6.00. The first-order chi connectivity index (χ1) is 29.7. The number of carboxylic acid groups (broad SMARTS) is 1. The van der Waals surface area contributed by atoms with E-state index < -0.39 is 59.8 Å². The molecule has 18 nitrogen and oxygen atoms in total. The molecule has 18 heteroatoms. The largest absolute Gasteiger partial charge is 0.504 e. The highest BCUT2D eigenvalue weighted by Crippen LogP contribution is 2.39. The zero-order chi connectivity index (χ0) is 44.5. The molecule has 0 radical (unpaired) electrons. The topological polar surface area (TPSA) is 292 Å². The Bertz CT molecular complexity index is 2710. The van der Waals surface area contributed by atoms with Crippen molar-refractivity contribution in [3.05, 3.63) is 137 Å². The van der Waals surface area contributed by atoms with Gasteiger partial charge in [0.25, 0.3) is 17.7 Å². The second-order valence-corrected chi connectivity index (χ2v) is 13.8. The number of carbonyl (C=O) groups excluding carboxylic acids is 5. The number of nitrogens with one attached hydrogen (secondary N) is 5. The van der Waals surface area contributed by atoms with Gasteiger partial charge in [0.15, 0.2) is 11.5 Å². The number of carbonyl (C=O) groups is 6. The maximum atomic E-state index is 13.3. The molecule has 0 saturated heterocycles. The second-order valence-electron chi connectivity index (χ2n) is 13.8. The normalized spacial score (nSPS) is 11.1. The molecule has 62 heavy (non-hydrogen) atoms. The predicted molar refractivity (Wildman–Crippen MR) is 225 cm³/mol. The quantitative estimate of drug-likeness (QED) is 0.0652. The van der Waals surface area contributed by atoms with Crippen LogP contribution in [0.3, 0.4) is 0 Å². The summed E-state index contributed by atoms with van der Waals surface area (Å²) >= 11 is 0. The number of H-pyrrole nitrogens is 1. The van der Waals surface area contributed by atoms with E-state index >= 15 is 0 Å². The van der Waals surface area contributed by atoms with Crippen LogP contribution in [-0.4, -0.2) is 73.3 Å². The number of carboxylic acids is 1. The number of primary amides is 1. The van der Waals surface area contributed by atoms with Crippen LogP contribution in [0.25, 0.3) is 22.5 Å². The number of hydrogen-bond donors (Lipinski definition) is 8. The highest BCUT2D eigenvalue weighted by atomic mass is 16.5. The van der Waals surface area contributed by atoms with Crippen LogP contribution in [0.15, 0.2) is 109 Å². The number of anilines is 3. The van der Waals surface area contributed by atoms with E-state index in [1.165, 1.54) is 72.8 Å². The first-order valence-electron chi connectivity index (χ1n) is 18.7. The Balaban J connectivity index is 1.10. The molecule has 9 N–H and O–H groups in total. The number of rotatable bonds is 15. The zero-order valence-corrected chi connectivity index (χ0v) is 32.9. The molecule has 1 unspecified atom stereocenters. The standard InChI is InChI=1S/C44H37N9O9/c1-23(2)62-39-33(20-19-32(38(39)55)42(58)47-30-17-13-29(14-18-30)44(60)61)49-40(56)28-11-15-31(16-12-28)48-43(59)34(21-35(46)54)50-41(57)27-9-7-26(8-10-27)37-36(51-53-52-37)25-5-3-24(22-45)4-6-25/h3-20,23,34,55H,21H2,1-2H3,(H2,46,54)(H,47,58)(H,48,59)(H,49,56)(H,50,57)(H,60,61)(H,51,52,53). The summed E-state index contributed by atoms with van der Waals surface area (Å²) in [5, 5.41) is 50.7. The smallest absolute Gasteiger partial charge is 0.335 e. The third-order valence-electron chi connectivity index (χ3n) is 9.07. The number of hydrogen-bond acceptors (Lipinski definition) is 11. The number of phenolic OH excluding ortho intramolecular Hbond substituents is 1. The SMILES string of the molecule is CC(C)Oc1c(NC(=O)c2ccc(NC(=O)C(CC(N)=O)NC(=O)c3ccc(-c4n[nH]nc4-c4ccc(C#N)cc4)cc3)cc2)ccc(C(=O)Nc2ccc(C(=O)O)cc2)c1O. The summed E-state index contributed by atoms with van der Waals surface area (Å²) in [6.45, 7) is 3.37. The van der Waals surface area contributed by atoms with Crippen molar-refractivity contribution in [2.75, 3.05) is 16.0 Å². The number of aromatic nitrogens is 3. The van der Waals surface area contributed by atoms with Gasteiger partial charge >= 0.3 is 5.97 Å². The molecule has 0 aliphatic heterocycles. The maximum absolute atomic E-state index is 13.3. The lowest BCUT2D eigenvalue weighted by Crippen LogP contribution is -2.46. The van der Waals surface area contributed by atoms with Gasteiger partial charge in [0.1, 0.15) is 17.4 Å². The van der Waals surface area contributed by atoms with Crippen LogP contribution < -0.4 is 31.7 Å². The number of aromatic carboxylic acids is 1. The molecule has 6 rings (SSSR count). The number of phenols is 1. The van der Waals surface area contributed by atoms with Crippen molar-refractivity contribution in [3.63, 3.8) is 0 Å². The van der Waals surface area contributed by atoms with Crippen molar-refractivity contribution in [1.29, 1.82) is 5.26 Å². The molecule has 0 fully saturated rings. The first kappa shape index (κ1) is 42.7. The lowest BCUT2D eigenvalue weighted by molar-refractivity contribution is -0.123. The Kier molecular flexibility index (Phi) is 13.0. The zero-order valence-electron chi connectivity index (χ0n) is 32.9. The van der Waals surface area contributed by atoms with Gasteiger partial charge in [-0.05, 0) is 98.8 Å². The summed E-state index contributed by atoms with van der Waals surface area (Å²) in [4.78, 5) is 76.1. The maximum Gasteiger partial charge on any atom is 0.335 e. The summed E-state index contributed by atoms with van der Waals surface area (Å²) in [6, 6.07) is 27.5. The van der Waals surface area contributed by atoms with Gasteiger partial charge < -0.3 is 42.0 Å². The molecule has 0 saturated carbocycles.